The highest BCUT2D eigenvalue weighted by atomic mass is 79.9. The van der Waals surface area contributed by atoms with Gasteiger partial charge in [-0.05, 0) is 30.7 Å². The van der Waals surface area contributed by atoms with Crippen LogP contribution in [0.25, 0.3) is 16.9 Å². The second-order valence-corrected chi connectivity index (χ2v) is 7.64. The zero-order valence-corrected chi connectivity index (χ0v) is 17.6. The van der Waals surface area contributed by atoms with Crippen LogP contribution in [-0.2, 0) is 11.2 Å². The number of benzene rings is 1. The van der Waals surface area contributed by atoms with E-state index in [2.05, 4.69) is 16.6 Å². The molecule has 0 N–H and O–H groups in total. The van der Waals surface area contributed by atoms with Crippen molar-refractivity contribution in [1.29, 1.82) is 0 Å². The number of pyridine rings is 1. The van der Waals surface area contributed by atoms with Gasteiger partial charge < -0.3 is 9.30 Å². The molecule has 0 atom stereocenters. The molecule has 4 heterocycles. The zero-order valence-electron chi connectivity index (χ0n) is 15.1. The van der Waals surface area contributed by atoms with Gasteiger partial charge in [-0.15, -0.1) is 28.3 Å². The number of fused-ring (bicyclic) bond motifs is 1. The van der Waals surface area contributed by atoms with Crippen LogP contribution in [-0.4, -0.2) is 26.8 Å². The molecule has 0 aliphatic carbocycles. The number of anilines is 1. The average molecular weight is 455 g/mol. The fourth-order valence-electron chi connectivity index (χ4n) is 3.49. The minimum atomic E-state index is 0. The maximum Gasteiger partial charge on any atom is 0.227 e. The summed E-state index contributed by atoms with van der Waals surface area (Å²) in [4.78, 5) is 23.2. The van der Waals surface area contributed by atoms with E-state index in [0.29, 0.717) is 6.42 Å². The lowest BCUT2D eigenvalue weighted by Gasteiger charge is -2.15. The second-order valence-electron chi connectivity index (χ2n) is 6.70. The fourth-order valence-corrected chi connectivity index (χ4v) is 4.30. The van der Waals surface area contributed by atoms with Crippen LogP contribution in [0.5, 0.6) is 0 Å². The van der Waals surface area contributed by atoms with Gasteiger partial charge in [-0.25, -0.2) is 9.97 Å². The molecule has 3 aromatic heterocycles. The number of thiazole rings is 1. The van der Waals surface area contributed by atoms with Crippen molar-refractivity contribution < 1.29 is 4.79 Å². The molecule has 1 saturated heterocycles. The van der Waals surface area contributed by atoms with Gasteiger partial charge in [-0.1, -0.05) is 18.2 Å². The van der Waals surface area contributed by atoms with Crippen molar-refractivity contribution in [2.45, 2.75) is 19.3 Å². The van der Waals surface area contributed by atoms with Gasteiger partial charge in [0.15, 0.2) is 0 Å². The summed E-state index contributed by atoms with van der Waals surface area (Å²) in [5, 5.41) is 3.13. The van der Waals surface area contributed by atoms with Crippen molar-refractivity contribution in [3.8, 4) is 11.3 Å². The maximum atomic E-state index is 11.9. The number of nitrogens with zero attached hydrogens (tertiary/aromatic N) is 4. The first kappa shape index (κ1) is 18.8. The molecule has 4 aromatic rings. The van der Waals surface area contributed by atoms with E-state index in [1.165, 1.54) is 0 Å². The van der Waals surface area contributed by atoms with Gasteiger partial charge in [0.25, 0.3) is 0 Å². The van der Waals surface area contributed by atoms with Crippen LogP contribution in [0.4, 0.5) is 5.69 Å². The van der Waals surface area contributed by atoms with Gasteiger partial charge in [-0.2, -0.15) is 0 Å². The Balaban J connectivity index is 0.00000192. The number of hydrogen-bond acceptors (Lipinski definition) is 4. The Morgan fingerprint density at radius 2 is 1.93 bits per heavy atom. The predicted molar refractivity (Wildman–Crippen MR) is 117 cm³/mol. The minimum Gasteiger partial charge on any atom is -0.312 e. The summed E-state index contributed by atoms with van der Waals surface area (Å²) in [7, 11) is 0. The van der Waals surface area contributed by atoms with E-state index in [0.717, 1.165) is 52.7 Å². The topological polar surface area (TPSA) is 50.5 Å². The third-order valence-corrected chi connectivity index (χ3v) is 5.69. The molecule has 7 heteroatoms. The Labute approximate surface area is 177 Å². The summed E-state index contributed by atoms with van der Waals surface area (Å²) in [6.07, 6.45) is 6.39. The van der Waals surface area contributed by atoms with E-state index in [9.17, 15) is 4.79 Å². The summed E-state index contributed by atoms with van der Waals surface area (Å²) in [5.74, 6) is 0.214. The molecule has 28 heavy (non-hydrogen) atoms. The van der Waals surface area contributed by atoms with E-state index in [1.807, 2.05) is 58.0 Å². The molecule has 1 aromatic carbocycles. The molecule has 1 fully saturated rings. The standard InChI is InChI=1S/C21H18N4OS.BrH/c26-21-5-3-11-25(21)17-8-6-15(7-9-17)18-14-27-20(23-18)12-16-13-24-10-2-1-4-19(24)22-16;/h1-2,4,6-10,13-14H,3,5,11-12H2;1H. The summed E-state index contributed by atoms with van der Waals surface area (Å²) in [6.45, 7) is 0.818. The molecule has 0 saturated carbocycles. The highest BCUT2D eigenvalue weighted by Gasteiger charge is 2.21. The summed E-state index contributed by atoms with van der Waals surface area (Å²) in [6, 6.07) is 14.1. The number of hydrogen-bond donors (Lipinski definition) is 0. The minimum absolute atomic E-state index is 0. The molecule has 5 nitrogen and oxygen atoms in total. The van der Waals surface area contributed by atoms with Gasteiger partial charge in [0.05, 0.1) is 16.4 Å². The third-order valence-electron chi connectivity index (χ3n) is 4.85. The largest absolute Gasteiger partial charge is 0.312 e. The van der Waals surface area contributed by atoms with Crippen LogP contribution in [0, 0.1) is 0 Å². The second kappa shape index (κ2) is 7.85. The lowest BCUT2D eigenvalue weighted by atomic mass is 10.1. The SMILES string of the molecule is Br.O=C1CCCN1c1ccc(-c2csc(Cc3cn4ccccc4n3)n2)cc1. The van der Waals surface area contributed by atoms with E-state index < -0.39 is 0 Å². The van der Waals surface area contributed by atoms with Crippen LogP contribution < -0.4 is 4.90 Å². The smallest absolute Gasteiger partial charge is 0.227 e. The molecule has 5 rings (SSSR count). The Bertz CT molecular complexity index is 1090. The van der Waals surface area contributed by atoms with Gasteiger partial charge in [0, 0.05) is 48.4 Å². The monoisotopic (exact) mass is 454 g/mol. The number of imidazole rings is 1. The van der Waals surface area contributed by atoms with Gasteiger partial charge >= 0.3 is 0 Å². The number of amides is 1. The van der Waals surface area contributed by atoms with Crippen molar-refractivity contribution in [3.05, 3.63) is 70.9 Å². The van der Waals surface area contributed by atoms with E-state index in [-0.39, 0.29) is 22.9 Å². The molecule has 1 aliphatic rings. The number of aromatic nitrogens is 3. The van der Waals surface area contributed by atoms with E-state index in [4.69, 9.17) is 4.98 Å². The highest BCUT2D eigenvalue weighted by molar-refractivity contribution is 8.93. The first-order chi connectivity index (χ1) is 13.3. The quantitative estimate of drug-likeness (QED) is 0.446. The summed E-state index contributed by atoms with van der Waals surface area (Å²) in [5.41, 5.74) is 4.99. The third kappa shape index (κ3) is 3.59. The summed E-state index contributed by atoms with van der Waals surface area (Å²) >= 11 is 1.65. The van der Waals surface area contributed by atoms with Gasteiger partial charge in [0.1, 0.15) is 5.65 Å². The van der Waals surface area contributed by atoms with Crippen LogP contribution >= 0.6 is 28.3 Å². The van der Waals surface area contributed by atoms with E-state index in [1.54, 1.807) is 11.3 Å². The van der Waals surface area contributed by atoms with Gasteiger partial charge in [-0.3, -0.25) is 4.79 Å². The maximum absolute atomic E-state index is 11.9. The molecular formula is C21H19BrN4OS. The molecule has 1 amide bonds. The predicted octanol–water partition coefficient (Wildman–Crippen LogP) is 4.75. The van der Waals surface area contributed by atoms with Crippen molar-refractivity contribution in [2.24, 2.45) is 0 Å². The normalized spacial score (nSPS) is 13.9. The van der Waals surface area contributed by atoms with Crippen LogP contribution in [0.2, 0.25) is 0 Å². The van der Waals surface area contributed by atoms with Crippen molar-refractivity contribution in [1.82, 2.24) is 14.4 Å². The van der Waals surface area contributed by atoms with Gasteiger partial charge in [0.2, 0.25) is 5.91 Å². The molecular weight excluding hydrogens is 436 g/mol. The number of rotatable bonds is 4. The van der Waals surface area contributed by atoms with E-state index >= 15 is 0 Å². The first-order valence-corrected chi connectivity index (χ1v) is 9.92. The first-order valence-electron chi connectivity index (χ1n) is 9.04. The number of carbonyl (C=O) groups is 1. The van der Waals surface area contributed by atoms with Crippen molar-refractivity contribution >= 4 is 45.6 Å². The molecule has 0 bridgehead atoms. The lowest BCUT2D eigenvalue weighted by molar-refractivity contribution is -0.117. The Hall–Kier alpha value is -2.51. The Kier molecular flexibility index (Phi) is 5.28. The number of halogens is 1. The molecule has 142 valence electrons. The lowest BCUT2D eigenvalue weighted by Crippen LogP contribution is -2.23. The molecule has 0 spiro atoms. The number of carbonyl (C=O) groups excluding carboxylic acids is 1. The van der Waals surface area contributed by atoms with Crippen LogP contribution in [0.15, 0.2) is 60.2 Å². The highest BCUT2D eigenvalue weighted by Crippen LogP contribution is 2.27. The molecule has 0 unspecified atom stereocenters. The van der Waals surface area contributed by atoms with Crippen LogP contribution in [0.3, 0.4) is 0 Å². The fraction of sp³-hybridized carbons (Fsp3) is 0.190. The Morgan fingerprint density at radius 1 is 1.07 bits per heavy atom. The van der Waals surface area contributed by atoms with Crippen molar-refractivity contribution in [2.75, 3.05) is 11.4 Å². The zero-order chi connectivity index (χ0) is 18.2. The Morgan fingerprint density at radius 3 is 2.68 bits per heavy atom. The van der Waals surface area contributed by atoms with Crippen molar-refractivity contribution in [3.63, 3.8) is 0 Å². The molecule has 0 radical (unpaired) electrons. The van der Waals surface area contributed by atoms with Crippen LogP contribution in [0.1, 0.15) is 23.5 Å². The summed E-state index contributed by atoms with van der Waals surface area (Å²) < 4.78 is 2.03. The average Bonchev–Trinajstić information content (AvgIpc) is 3.41. The molecule has 1 aliphatic heterocycles.